The van der Waals surface area contributed by atoms with Crippen LogP contribution in [0, 0.1) is 13.8 Å². The van der Waals surface area contributed by atoms with Gasteiger partial charge in [0.15, 0.2) is 0 Å². The van der Waals surface area contributed by atoms with Crippen molar-refractivity contribution in [1.29, 1.82) is 0 Å². The zero-order valence-electron chi connectivity index (χ0n) is 13.7. The van der Waals surface area contributed by atoms with Gasteiger partial charge < -0.3 is 5.32 Å². The van der Waals surface area contributed by atoms with E-state index in [-0.39, 0.29) is 0 Å². The molecule has 1 nitrogen and oxygen atoms in total. The van der Waals surface area contributed by atoms with E-state index in [1.165, 1.54) is 22.3 Å². The second-order valence-corrected chi connectivity index (χ2v) is 6.37. The molecule has 0 aliphatic carbocycles. The maximum absolute atomic E-state index is 3.59. The molecular formula is C20H27N. The predicted octanol–water partition coefficient (Wildman–Crippen LogP) is 4.63. The molecule has 2 aromatic rings. The van der Waals surface area contributed by atoms with Crippen LogP contribution in [0.15, 0.2) is 48.5 Å². The van der Waals surface area contributed by atoms with Gasteiger partial charge in [0.1, 0.15) is 0 Å². The summed E-state index contributed by atoms with van der Waals surface area (Å²) in [6.07, 6.45) is 1.09. The van der Waals surface area contributed by atoms with Crippen molar-refractivity contribution in [2.24, 2.45) is 0 Å². The zero-order chi connectivity index (χ0) is 15.2. The SMILES string of the molecule is Cc1cc(C)cc(CC(CNC(C)C)c2ccccc2)c1. The molecule has 2 rings (SSSR count). The third-order valence-corrected chi connectivity index (χ3v) is 3.81. The molecule has 2 aromatic carbocycles. The first-order valence-corrected chi connectivity index (χ1v) is 7.90. The van der Waals surface area contributed by atoms with E-state index < -0.39 is 0 Å². The molecule has 1 unspecified atom stereocenters. The first kappa shape index (κ1) is 15.8. The van der Waals surface area contributed by atoms with Crippen molar-refractivity contribution in [3.8, 4) is 0 Å². The quantitative estimate of drug-likeness (QED) is 0.814. The van der Waals surface area contributed by atoms with Gasteiger partial charge in [-0.15, -0.1) is 0 Å². The Morgan fingerprint density at radius 2 is 1.52 bits per heavy atom. The number of hydrogen-bond donors (Lipinski definition) is 1. The van der Waals surface area contributed by atoms with Crippen molar-refractivity contribution in [3.05, 3.63) is 70.8 Å². The molecule has 0 heterocycles. The van der Waals surface area contributed by atoms with Crippen molar-refractivity contribution in [2.75, 3.05) is 6.54 Å². The summed E-state index contributed by atoms with van der Waals surface area (Å²) in [5.74, 6) is 0.523. The van der Waals surface area contributed by atoms with E-state index in [0.717, 1.165) is 13.0 Å². The lowest BCUT2D eigenvalue weighted by Gasteiger charge is -2.20. The van der Waals surface area contributed by atoms with Crippen LogP contribution in [-0.2, 0) is 6.42 Å². The number of rotatable bonds is 6. The summed E-state index contributed by atoms with van der Waals surface area (Å²) in [5.41, 5.74) is 5.57. The lowest BCUT2D eigenvalue weighted by molar-refractivity contribution is 0.526. The molecule has 1 atom stereocenters. The molecule has 1 heteroatoms. The van der Waals surface area contributed by atoms with Crippen LogP contribution in [-0.4, -0.2) is 12.6 Å². The van der Waals surface area contributed by atoms with Crippen molar-refractivity contribution in [1.82, 2.24) is 5.32 Å². The van der Waals surface area contributed by atoms with Gasteiger partial charge in [0.2, 0.25) is 0 Å². The molecule has 0 spiro atoms. The number of aryl methyl sites for hydroxylation is 2. The van der Waals surface area contributed by atoms with Gasteiger partial charge in [0, 0.05) is 18.5 Å². The molecule has 0 aliphatic rings. The van der Waals surface area contributed by atoms with Crippen LogP contribution in [0.25, 0.3) is 0 Å². The Morgan fingerprint density at radius 3 is 2.10 bits per heavy atom. The summed E-state index contributed by atoms with van der Waals surface area (Å²) in [7, 11) is 0. The van der Waals surface area contributed by atoms with Crippen LogP contribution in [0.1, 0.15) is 42.0 Å². The fourth-order valence-electron chi connectivity index (χ4n) is 2.88. The van der Waals surface area contributed by atoms with E-state index >= 15 is 0 Å². The highest BCUT2D eigenvalue weighted by atomic mass is 14.9. The van der Waals surface area contributed by atoms with Crippen molar-refractivity contribution in [3.63, 3.8) is 0 Å². The largest absolute Gasteiger partial charge is 0.314 e. The summed E-state index contributed by atoms with van der Waals surface area (Å²) in [6, 6.07) is 18.3. The van der Waals surface area contributed by atoms with E-state index in [4.69, 9.17) is 0 Å². The normalized spacial score (nSPS) is 12.6. The summed E-state index contributed by atoms with van der Waals surface area (Å²) >= 11 is 0. The molecule has 0 radical (unpaired) electrons. The molecule has 0 fully saturated rings. The fraction of sp³-hybridized carbons (Fsp3) is 0.400. The molecule has 21 heavy (non-hydrogen) atoms. The topological polar surface area (TPSA) is 12.0 Å². The monoisotopic (exact) mass is 281 g/mol. The van der Waals surface area contributed by atoms with E-state index in [1.807, 2.05) is 0 Å². The average Bonchev–Trinajstić information content (AvgIpc) is 2.43. The lowest BCUT2D eigenvalue weighted by atomic mass is 9.90. The van der Waals surface area contributed by atoms with Crippen molar-refractivity contribution in [2.45, 2.75) is 46.1 Å². The van der Waals surface area contributed by atoms with Gasteiger partial charge in [-0.25, -0.2) is 0 Å². The van der Waals surface area contributed by atoms with Gasteiger partial charge in [-0.3, -0.25) is 0 Å². The molecular weight excluding hydrogens is 254 g/mol. The minimum Gasteiger partial charge on any atom is -0.314 e. The highest BCUT2D eigenvalue weighted by molar-refractivity contribution is 5.31. The summed E-state index contributed by atoms with van der Waals surface area (Å²) in [5, 5.41) is 3.59. The molecule has 0 bridgehead atoms. The Hall–Kier alpha value is -1.60. The Morgan fingerprint density at radius 1 is 0.905 bits per heavy atom. The predicted molar refractivity (Wildman–Crippen MR) is 91.9 cm³/mol. The summed E-state index contributed by atoms with van der Waals surface area (Å²) in [4.78, 5) is 0. The highest BCUT2D eigenvalue weighted by Gasteiger charge is 2.13. The Bertz CT molecular complexity index is 537. The lowest BCUT2D eigenvalue weighted by Crippen LogP contribution is -2.29. The molecule has 112 valence electrons. The third-order valence-electron chi connectivity index (χ3n) is 3.81. The number of hydrogen-bond acceptors (Lipinski definition) is 1. The Labute approximate surface area is 129 Å². The van der Waals surface area contributed by atoms with Crippen LogP contribution in [0.4, 0.5) is 0 Å². The summed E-state index contributed by atoms with van der Waals surface area (Å²) in [6.45, 7) is 9.80. The van der Waals surface area contributed by atoms with Crippen molar-refractivity contribution >= 4 is 0 Å². The molecule has 0 saturated carbocycles. The molecule has 0 saturated heterocycles. The average molecular weight is 281 g/mol. The molecule has 0 aromatic heterocycles. The summed E-state index contributed by atoms with van der Waals surface area (Å²) < 4.78 is 0. The van der Waals surface area contributed by atoms with Crippen LogP contribution >= 0.6 is 0 Å². The van der Waals surface area contributed by atoms with Gasteiger partial charge in [-0.1, -0.05) is 73.5 Å². The molecule has 0 amide bonds. The van der Waals surface area contributed by atoms with Crippen molar-refractivity contribution < 1.29 is 0 Å². The second kappa shape index (κ2) is 7.42. The van der Waals surface area contributed by atoms with Gasteiger partial charge in [0.25, 0.3) is 0 Å². The number of benzene rings is 2. The fourth-order valence-corrected chi connectivity index (χ4v) is 2.88. The zero-order valence-corrected chi connectivity index (χ0v) is 13.7. The smallest absolute Gasteiger partial charge is 0.00257 e. The van der Waals surface area contributed by atoms with Gasteiger partial charge in [-0.05, 0) is 31.4 Å². The number of nitrogens with one attached hydrogen (secondary N) is 1. The van der Waals surface area contributed by atoms with Crippen LogP contribution in [0.5, 0.6) is 0 Å². The van der Waals surface area contributed by atoms with Gasteiger partial charge in [-0.2, -0.15) is 0 Å². The second-order valence-electron chi connectivity index (χ2n) is 6.37. The van der Waals surface area contributed by atoms with Gasteiger partial charge in [0.05, 0.1) is 0 Å². The first-order chi connectivity index (χ1) is 10.0. The Balaban J connectivity index is 2.19. The minimum atomic E-state index is 0.523. The maximum atomic E-state index is 3.59. The van der Waals surface area contributed by atoms with E-state index in [9.17, 15) is 0 Å². The first-order valence-electron chi connectivity index (χ1n) is 7.90. The highest BCUT2D eigenvalue weighted by Crippen LogP contribution is 2.22. The van der Waals surface area contributed by atoms with Gasteiger partial charge >= 0.3 is 0 Å². The third kappa shape index (κ3) is 5.02. The molecule has 0 aliphatic heterocycles. The minimum absolute atomic E-state index is 0.523. The van der Waals surface area contributed by atoms with Crippen LogP contribution in [0.3, 0.4) is 0 Å². The van der Waals surface area contributed by atoms with E-state index in [2.05, 4.69) is 81.5 Å². The van der Waals surface area contributed by atoms with Crippen LogP contribution in [0.2, 0.25) is 0 Å². The van der Waals surface area contributed by atoms with Crippen LogP contribution < -0.4 is 5.32 Å². The Kier molecular flexibility index (Phi) is 5.58. The maximum Gasteiger partial charge on any atom is 0.00257 e. The standard InChI is InChI=1S/C20H27N/c1-15(2)21-14-20(19-8-6-5-7-9-19)13-18-11-16(3)10-17(4)12-18/h5-12,15,20-21H,13-14H2,1-4H3. The molecule has 1 N–H and O–H groups in total. The van der Waals surface area contributed by atoms with E-state index in [1.54, 1.807) is 0 Å². The van der Waals surface area contributed by atoms with E-state index in [0.29, 0.717) is 12.0 Å².